The molecule has 0 unspecified atom stereocenters. The predicted molar refractivity (Wildman–Crippen MR) is 53.0 cm³/mol. The Labute approximate surface area is 81.8 Å². The van der Waals surface area contributed by atoms with Crippen LogP contribution in [0.4, 0.5) is 14.5 Å². The number of hydrogen-bond acceptors (Lipinski definition) is 2. The lowest BCUT2D eigenvalue weighted by molar-refractivity contribution is 0.583. The van der Waals surface area contributed by atoms with Gasteiger partial charge in [-0.15, -0.1) is 0 Å². The molecule has 0 bridgehead atoms. The van der Waals surface area contributed by atoms with Crippen molar-refractivity contribution in [2.45, 2.75) is 0 Å². The minimum absolute atomic E-state index is 0.331. The molecule has 1 N–H and O–H groups in total. The van der Waals surface area contributed by atoms with E-state index in [9.17, 15) is 8.78 Å². The van der Waals surface area contributed by atoms with Gasteiger partial charge in [-0.1, -0.05) is 0 Å². The fraction of sp³-hybridized carbons (Fsp3) is 0.200. The second-order valence-electron chi connectivity index (χ2n) is 2.81. The zero-order valence-electron chi connectivity index (χ0n) is 8.09. The van der Waals surface area contributed by atoms with E-state index >= 15 is 0 Å². The highest BCUT2D eigenvalue weighted by atomic mass is 19.1. The van der Waals surface area contributed by atoms with Gasteiger partial charge in [0.15, 0.2) is 0 Å². The Balaban J connectivity index is 2.90. The number of nitrogens with one attached hydrogen (secondary N) is 1. The fourth-order valence-electron chi connectivity index (χ4n) is 1.03. The quantitative estimate of drug-likeness (QED) is 0.800. The van der Waals surface area contributed by atoms with E-state index in [4.69, 9.17) is 0 Å². The van der Waals surface area contributed by atoms with Crippen molar-refractivity contribution in [3.63, 3.8) is 0 Å². The highest BCUT2D eigenvalue weighted by Gasteiger charge is 2.05. The highest BCUT2D eigenvalue weighted by molar-refractivity contribution is 5.49. The Morgan fingerprint density at radius 1 is 1.36 bits per heavy atom. The maximum atomic E-state index is 13.2. The number of nitrogens with zero attached hydrogens (tertiary/aromatic N) is 1. The van der Waals surface area contributed by atoms with Gasteiger partial charge in [-0.25, -0.2) is 8.78 Å². The van der Waals surface area contributed by atoms with Gasteiger partial charge in [-0.05, 0) is 12.1 Å². The smallest absolute Gasteiger partial charge is 0.149 e. The summed E-state index contributed by atoms with van der Waals surface area (Å²) in [5.41, 5.74) is 0.331. The maximum Gasteiger partial charge on any atom is 0.149 e. The molecule has 1 aromatic carbocycles. The van der Waals surface area contributed by atoms with Gasteiger partial charge in [0.1, 0.15) is 11.6 Å². The summed E-state index contributed by atoms with van der Waals surface area (Å²) >= 11 is 0. The predicted octanol–water partition coefficient (Wildman–Crippen LogP) is 2.09. The first kappa shape index (κ1) is 10.5. The van der Waals surface area contributed by atoms with Crippen LogP contribution in [0.15, 0.2) is 30.6 Å². The van der Waals surface area contributed by atoms with Crippen LogP contribution in [0, 0.1) is 11.6 Å². The lowest BCUT2D eigenvalue weighted by Crippen LogP contribution is -2.11. The van der Waals surface area contributed by atoms with Crippen molar-refractivity contribution >= 4 is 5.69 Å². The molecule has 1 aromatic rings. The van der Waals surface area contributed by atoms with Gasteiger partial charge in [0, 0.05) is 32.6 Å². The summed E-state index contributed by atoms with van der Waals surface area (Å²) in [4.78, 5) is 1.56. The highest BCUT2D eigenvalue weighted by Crippen LogP contribution is 2.18. The summed E-state index contributed by atoms with van der Waals surface area (Å²) in [6.07, 6.45) is 3.30. The minimum Gasteiger partial charge on any atom is -0.393 e. The zero-order valence-corrected chi connectivity index (χ0v) is 8.09. The summed E-state index contributed by atoms with van der Waals surface area (Å²) in [5, 5.41) is 2.78. The van der Waals surface area contributed by atoms with Gasteiger partial charge in [-0.3, -0.25) is 0 Å². The lowest BCUT2D eigenvalue weighted by Gasteiger charge is -2.14. The molecule has 2 nitrogen and oxygen atoms in total. The van der Waals surface area contributed by atoms with Crippen LogP contribution in [0.5, 0.6) is 0 Å². The van der Waals surface area contributed by atoms with Gasteiger partial charge >= 0.3 is 0 Å². The minimum atomic E-state index is -0.576. The van der Waals surface area contributed by atoms with Crippen LogP contribution in [0.1, 0.15) is 0 Å². The van der Waals surface area contributed by atoms with E-state index < -0.39 is 11.6 Å². The van der Waals surface area contributed by atoms with E-state index in [0.717, 1.165) is 6.07 Å². The SMILES string of the molecule is CN/C=C/N(C)c1ccc(F)cc1F. The fourth-order valence-corrected chi connectivity index (χ4v) is 1.03. The summed E-state index contributed by atoms with van der Waals surface area (Å²) < 4.78 is 25.8. The van der Waals surface area contributed by atoms with Crippen molar-refractivity contribution in [2.75, 3.05) is 19.0 Å². The van der Waals surface area contributed by atoms with E-state index in [1.165, 1.54) is 12.1 Å². The van der Waals surface area contributed by atoms with Crippen LogP contribution in [0.3, 0.4) is 0 Å². The first-order chi connectivity index (χ1) is 6.65. The summed E-state index contributed by atoms with van der Waals surface area (Å²) in [7, 11) is 3.43. The molecule has 0 aliphatic heterocycles. The second-order valence-corrected chi connectivity index (χ2v) is 2.81. The number of benzene rings is 1. The monoisotopic (exact) mass is 198 g/mol. The number of anilines is 1. The number of hydrogen-bond donors (Lipinski definition) is 1. The van der Waals surface area contributed by atoms with Crippen molar-refractivity contribution in [1.82, 2.24) is 5.32 Å². The van der Waals surface area contributed by atoms with Crippen LogP contribution in [0.2, 0.25) is 0 Å². The largest absolute Gasteiger partial charge is 0.393 e. The third-order valence-electron chi connectivity index (χ3n) is 1.75. The van der Waals surface area contributed by atoms with Crippen molar-refractivity contribution in [3.8, 4) is 0 Å². The van der Waals surface area contributed by atoms with E-state index in [1.807, 2.05) is 0 Å². The zero-order chi connectivity index (χ0) is 10.6. The molecule has 0 aliphatic carbocycles. The van der Waals surface area contributed by atoms with E-state index in [-0.39, 0.29) is 0 Å². The van der Waals surface area contributed by atoms with Gasteiger partial charge in [0.05, 0.1) is 5.69 Å². The van der Waals surface area contributed by atoms with Crippen LogP contribution in [-0.2, 0) is 0 Å². The van der Waals surface area contributed by atoms with Crippen molar-refractivity contribution in [1.29, 1.82) is 0 Å². The van der Waals surface area contributed by atoms with Crippen LogP contribution in [-0.4, -0.2) is 14.1 Å². The standard InChI is InChI=1S/C10H12F2N2/c1-13-5-6-14(2)10-4-3-8(11)7-9(10)12/h3-7,13H,1-2H3/b6-5+. The van der Waals surface area contributed by atoms with Gasteiger partial charge < -0.3 is 10.2 Å². The maximum absolute atomic E-state index is 13.2. The molecule has 0 radical (unpaired) electrons. The Kier molecular flexibility index (Phi) is 3.45. The molecule has 0 atom stereocenters. The Hall–Kier alpha value is -1.58. The normalized spacial score (nSPS) is 10.6. The van der Waals surface area contributed by atoms with Gasteiger partial charge in [-0.2, -0.15) is 0 Å². The lowest BCUT2D eigenvalue weighted by atomic mass is 10.3. The second kappa shape index (κ2) is 4.60. The Morgan fingerprint density at radius 3 is 2.64 bits per heavy atom. The van der Waals surface area contributed by atoms with E-state index in [0.29, 0.717) is 5.69 Å². The Morgan fingerprint density at radius 2 is 2.07 bits per heavy atom. The number of rotatable bonds is 3. The molecule has 14 heavy (non-hydrogen) atoms. The molecule has 1 rings (SSSR count). The molecule has 76 valence electrons. The topological polar surface area (TPSA) is 15.3 Å². The van der Waals surface area contributed by atoms with Gasteiger partial charge in [0.2, 0.25) is 0 Å². The van der Waals surface area contributed by atoms with Crippen LogP contribution < -0.4 is 10.2 Å². The third-order valence-corrected chi connectivity index (χ3v) is 1.75. The molecule has 0 amide bonds. The first-order valence-corrected chi connectivity index (χ1v) is 4.17. The summed E-state index contributed by atoms with van der Waals surface area (Å²) in [6, 6.07) is 3.48. The van der Waals surface area contributed by atoms with Crippen molar-refractivity contribution in [3.05, 3.63) is 42.2 Å². The van der Waals surface area contributed by atoms with Crippen LogP contribution in [0.25, 0.3) is 0 Å². The molecule has 0 spiro atoms. The molecule has 0 saturated carbocycles. The molecular formula is C10H12F2N2. The molecule has 0 saturated heterocycles. The van der Waals surface area contributed by atoms with Crippen molar-refractivity contribution in [2.24, 2.45) is 0 Å². The molecule has 0 heterocycles. The average Bonchev–Trinajstić information content (AvgIpc) is 2.14. The molecule has 0 aromatic heterocycles. The van der Waals surface area contributed by atoms with Crippen LogP contribution >= 0.6 is 0 Å². The van der Waals surface area contributed by atoms with E-state index in [1.54, 1.807) is 31.4 Å². The Bertz CT molecular complexity index is 337. The first-order valence-electron chi connectivity index (χ1n) is 4.17. The van der Waals surface area contributed by atoms with Crippen molar-refractivity contribution < 1.29 is 8.78 Å². The molecule has 0 aliphatic rings. The summed E-state index contributed by atoms with van der Waals surface area (Å²) in [5.74, 6) is -1.15. The third kappa shape index (κ3) is 2.45. The molecule has 0 fully saturated rings. The number of halogens is 2. The molecular weight excluding hydrogens is 186 g/mol. The summed E-state index contributed by atoms with van der Waals surface area (Å²) in [6.45, 7) is 0. The van der Waals surface area contributed by atoms with Gasteiger partial charge in [0.25, 0.3) is 0 Å². The molecule has 4 heteroatoms. The average molecular weight is 198 g/mol. The van der Waals surface area contributed by atoms with E-state index in [2.05, 4.69) is 5.32 Å².